The summed E-state index contributed by atoms with van der Waals surface area (Å²) >= 11 is 0. The van der Waals surface area contributed by atoms with Gasteiger partial charge < -0.3 is 20.0 Å². The zero-order valence-corrected chi connectivity index (χ0v) is 22.8. The third-order valence-corrected chi connectivity index (χ3v) is 9.04. The first kappa shape index (κ1) is 26.9. The summed E-state index contributed by atoms with van der Waals surface area (Å²) in [6.45, 7) is 7.07. The summed E-state index contributed by atoms with van der Waals surface area (Å²) in [5.41, 5.74) is 4.18. The van der Waals surface area contributed by atoms with Crippen molar-refractivity contribution in [2.24, 2.45) is 11.8 Å². The molecule has 0 spiro atoms. The van der Waals surface area contributed by atoms with E-state index in [-0.39, 0.29) is 23.0 Å². The summed E-state index contributed by atoms with van der Waals surface area (Å²) < 4.78 is 0. The highest BCUT2D eigenvalue weighted by atomic mass is 16.4. The second-order valence-corrected chi connectivity index (χ2v) is 11.6. The number of nitrogens with zero attached hydrogens (tertiary/aromatic N) is 2. The monoisotopic (exact) mass is 526 g/mol. The lowest BCUT2D eigenvalue weighted by molar-refractivity contribution is -0.153. The van der Waals surface area contributed by atoms with Gasteiger partial charge >= 0.3 is 5.97 Å². The van der Waals surface area contributed by atoms with Crippen LogP contribution in [-0.2, 0) is 34.4 Å². The number of hydrogen-bond acceptors (Lipinski definition) is 4. The molecular weight excluding hydrogens is 488 g/mol. The van der Waals surface area contributed by atoms with Gasteiger partial charge in [-0.3, -0.25) is 4.79 Å². The van der Waals surface area contributed by atoms with E-state index in [1.807, 2.05) is 66.7 Å². The molecule has 0 unspecified atom stereocenters. The van der Waals surface area contributed by atoms with E-state index in [0.29, 0.717) is 31.8 Å². The van der Waals surface area contributed by atoms with Gasteiger partial charge in [0, 0.05) is 26.1 Å². The van der Waals surface area contributed by atoms with Crippen LogP contribution in [0.3, 0.4) is 0 Å². The van der Waals surface area contributed by atoms with E-state index in [9.17, 15) is 19.8 Å². The fourth-order valence-electron chi connectivity index (χ4n) is 6.42. The van der Waals surface area contributed by atoms with Gasteiger partial charge in [0.25, 0.3) is 0 Å². The summed E-state index contributed by atoms with van der Waals surface area (Å²) in [6, 6.07) is 24.6. The number of rotatable bonds is 7. The molecule has 0 aliphatic carbocycles. The molecule has 204 valence electrons. The quantitative estimate of drug-likeness (QED) is 0.458. The number of aromatic hydroxyl groups is 1. The highest BCUT2D eigenvalue weighted by Crippen LogP contribution is 2.40. The van der Waals surface area contributed by atoms with Gasteiger partial charge in [0.2, 0.25) is 5.91 Å². The van der Waals surface area contributed by atoms with E-state index in [1.165, 1.54) is 0 Å². The fraction of sp³-hybridized carbons (Fsp3) is 0.394. The van der Waals surface area contributed by atoms with Crippen LogP contribution in [0.1, 0.15) is 42.5 Å². The average molecular weight is 527 g/mol. The van der Waals surface area contributed by atoms with E-state index < -0.39 is 12.0 Å². The molecule has 1 saturated heterocycles. The molecule has 1 fully saturated rings. The molecule has 39 heavy (non-hydrogen) atoms. The number of carbonyl (C=O) groups is 2. The number of piperidine rings is 1. The maximum absolute atomic E-state index is 14.2. The smallest absolute Gasteiger partial charge is 0.326 e. The second kappa shape index (κ2) is 11.2. The zero-order valence-electron chi connectivity index (χ0n) is 22.8. The van der Waals surface area contributed by atoms with Gasteiger partial charge in [0.1, 0.15) is 11.8 Å². The van der Waals surface area contributed by atoms with Gasteiger partial charge in [-0.05, 0) is 65.1 Å². The molecule has 3 aromatic rings. The van der Waals surface area contributed by atoms with E-state index in [0.717, 1.165) is 41.8 Å². The first-order valence-corrected chi connectivity index (χ1v) is 13.9. The molecule has 2 N–H and O–H groups in total. The average Bonchev–Trinajstić information content (AvgIpc) is 2.94. The summed E-state index contributed by atoms with van der Waals surface area (Å²) in [5.74, 6) is -0.793. The Hall–Kier alpha value is -3.64. The lowest BCUT2D eigenvalue weighted by Gasteiger charge is -2.46. The predicted octanol–water partition coefficient (Wildman–Crippen LogP) is 4.89. The van der Waals surface area contributed by atoms with Crippen molar-refractivity contribution in [1.82, 2.24) is 9.80 Å². The molecule has 2 aliphatic heterocycles. The second-order valence-electron chi connectivity index (χ2n) is 11.6. The Morgan fingerprint density at radius 3 is 2.41 bits per heavy atom. The topological polar surface area (TPSA) is 81.1 Å². The maximum Gasteiger partial charge on any atom is 0.326 e. The van der Waals surface area contributed by atoms with Gasteiger partial charge in [0.15, 0.2) is 0 Å². The van der Waals surface area contributed by atoms with Crippen molar-refractivity contribution in [3.8, 4) is 5.75 Å². The number of carbonyl (C=O) groups excluding carboxylic acids is 1. The van der Waals surface area contributed by atoms with Gasteiger partial charge in [-0.1, -0.05) is 80.6 Å². The van der Waals surface area contributed by atoms with E-state index in [2.05, 4.69) is 24.8 Å². The van der Waals surface area contributed by atoms with Gasteiger partial charge in [-0.2, -0.15) is 0 Å². The molecule has 2 heterocycles. The van der Waals surface area contributed by atoms with Crippen LogP contribution in [0.5, 0.6) is 5.75 Å². The lowest BCUT2D eigenvalue weighted by atomic mass is 9.68. The minimum absolute atomic E-state index is 0.0703. The Balaban J connectivity index is 1.38. The number of aliphatic carboxylic acids is 1. The summed E-state index contributed by atoms with van der Waals surface area (Å²) in [6.07, 6.45) is 1.82. The van der Waals surface area contributed by atoms with Crippen LogP contribution in [0, 0.1) is 11.8 Å². The molecule has 0 aromatic heterocycles. The molecule has 6 heteroatoms. The van der Waals surface area contributed by atoms with Crippen LogP contribution in [-0.4, -0.2) is 57.6 Å². The van der Waals surface area contributed by atoms with E-state index in [1.54, 1.807) is 11.0 Å². The van der Waals surface area contributed by atoms with Crippen LogP contribution >= 0.6 is 0 Å². The first-order valence-electron chi connectivity index (χ1n) is 13.9. The van der Waals surface area contributed by atoms with Gasteiger partial charge in [-0.25, -0.2) is 4.79 Å². The number of phenolic OH excluding ortho intramolecular Hbond substituents is 1. The van der Waals surface area contributed by atoms with Crippen LogP contribution in [0.15, 0.2) is 78.9 Å². The third kappa shape index (κ3) is 5.71. The number of likely N-dealkylation sites (tertiary alicyclic amines) is 1. The molecular formula is C33H38N2O4. The summed E-state index contributed by atoms with van der Waals surface area (Å²) in [5, 5.41) is 20.1. The van der Waals surface area contributed by atoms with Crippen LogP contribution < -0.4 is 0 Å². The number of carboxylic acid groups (broad SMARTS) is 1. The third-order valence-electron chi connectivity index (χ3n) is 9.04. The Labute approximate surface area is 230 Å². The van der Waals surface area contributed by atoms with Crippen LogP contribution in [0.2, 0.25) is 0 Å². The van der Waals surface area contributed by atoms with Gasteiger partial charge in [0.05, 0.1) is 5.92 Å². The fourth-order valence-corrected chi connectivity index (χ4v) is 6.42. The van der Waals surface area contributed by atoms with Crippen molar-refractivity contribution in [1.29, 1.82) is 0 Å². The molecule has 0 radical (unpaired) electrons. The Morgan fingerprint density at radius 2 is 1.72 bits per heavy atom. The molecule has 1 amide bonds. The zero-order chi connectivity index (χ0) is 27.6. The molecule has 5 rings (SSSR count). The number of phenols is 1. The molecule has 2 aliphatic rings. The van der Waals surface area contributed by atoms with Crippen molar-refractivity contribution < 1.29 is 19.8 Å². The standard InChI is InChI=1S/C33H38N2O4/c1-23-20-34(16-15-33(23,2)28-13-8-14-29(36)19-28)21-27(17-24-9-4-3-5-10-24)31(37)35-22-26-12-7-6-11-25(26)18-30(35)32(38)39/h3-14,19,23,27,30,36H,15-18,20-22H2,1-2H3,(H,38,39)/t23-,27-,30-,33+/m0/s1. The number of fused-ring (bicyclic) bond motifs is 1. The number of amides is 1. The van der Waals surface area contributed by atoms with Crippen molar-refractivity contribution in [2.75, 3.05) is 19.6 Å². The molecule has 0 saturated carbocycles. The predicted molar refractivity (Wildman–Crippen MR) is 151 cm³/mol. The molecule has 4 atom stereocenters. The largest absolute Gasteiger partial charge is 0.508 e. The minimum Gasteiger partial charge on any atom is -0.508 e. The summed E-state index contributed by atoms with van der Waals surface area (Å²) in [7, 11) is 0. The van der Waals surface area contributed by atoms with Crippen molar-refractivity contribution >= 4 is 11.9 Å². The van der Waals surface area contributed by atoms with E-state index in [4.69, 9.17) is 0 Å². The highest BCUT2D eigenvalue weighted by molar-refractivity contribution is 5.86. The van der Waals surface area contributed by atoms with Crippen LogP contribution in [0.25, 0.3) is 0 Å². The van der Waals surface area contributed by atoms with Crippen molar-refractivity contribution in [3.63, 3.8) is 0 Å². The van der Waals surface area contributed by atoms with Crippen molar-refractivity contribution in [3.05, 3.63) is 101 Å². The van der Waals surface area contributed by atoms with Crippen molar-refractivity contribution in [2.45, 2.75) is 51.1 Å². The molecule has 6 nitrogen and oxygen atoms in total. The highest BCUT2D eigenvalue weighted by Gasteiger charge is 2.41. The molecule has 3 aromatic carbocycles. The van der Waals surface area contributed by atoms with Gasteiger partial charge in [-0.15, -0.1) is 0 Å². The minimum atomic E-state index is -0.954. The van der Waals surface area contributed by atoms with Crippen LogP contribution in [0.4, 0.5) is 0 Å². The summed E-state index contributed by atoms with van der Waals surface area (Å²) in [4.78, 5) is 30.4. The number of benzene rings is 3. The number of carboxylic acids is 1. The Bertz CT molecular complexity index is 1330. The lowest BCUT2D eigenvalue weighted by Crippen LogP contribution is -2.54. The Kier molecular flexibility index (Phi) is 7.76. The normalized spacial score (nSPS) is 24.1. The Morgan fingerprint density at radius 1 is 1.00 bits per heavy atom. The maximum atomic E-state index is 14.2. The number of hydrogen-bond donors (Lipinski definition) is 2. The van der Waals surface area contributed by atoms with E-state index >= 15 is 0 Å². The molecule has 0 bridgehead atoms. The first-order chi connectivity index (χ1) is 18.7. The SMILES string of the molecule is C[C@H]1CN(C[C@H](Cc2ccccc2)C(=O)N2Cc3ccccc3C[C@H]2C(=O)O)CC[C@@]1(C)c1cccc(O)c1.